The molecule has 2 amide bonds. The molecule has 0 bridgehead atoms. The van der Waals surface area contributed by atoms with Crippen LogP contribution in [0, 0.1) is 0 Å². The van der Waals surface area contributed by atoms with E-state index in [1.807, 2.05) is 20.8 Å². The van der Waals surface area contributed by atoms with Crippen molar-refractivity contribution in [1.82, 2.24) is 19.5 Å². The molecule has 1 aliphatic heterocycles. The van der Waals surface area contributed by atoms with Gasteiger partial charge in [-0.25, -0.2) is 18.0 Å². The Morgan fingerprint density at radius 3 is 2.41 bits per heavy atom. The first kappa shape index (κ1) is 30.6. The summed E-state index contributed by atoms with van der Waals surface area (Å²) in [6.45, 7) is 12.2. The van der Waals surface area contributed by atoms with Crippen LogP contribution < -0.4 is 5.32 Å². The van der Waals surface area contributed by atoms with Crippen LogP contribution >= 0.6 is 0 Å². The third-order valence-corrected chi connectivity index (χ3v) is 8.10. The number of ether oxygens (including phenoxy) is 2. The molecule has 10 nitrogen and oxygen atoms in total. The number of benzene rings is 1. The minimum Gasteiger partial charge on any atom is -0.444 e. The number of rotatable bonds is 7. The molecule has 0 spiro atoms. The third-order valence-electron chi connectivity index (χ3n) is 6.15. The molecule has 1 unspecified atom stereocenters. The zero-order valence-electron chi connectivity index (χ0n) is 23.9. The van der Waals surface area contributed by atoms with Gasteiger partial charge < -0.3 is 19.7 Å². The summed E-state index contributed by atoms with van der Waals surface area (Å²) in [4.78, 5) is 30.8. The minimum absolute atomic E-state index is 0.212. The highest BCUT2D eigenvalue weighted by Gasteiger charge is 2.36. The van der Waals surface area contributed by atoms with Crippen LogP contribution in [-0.4, -0.2) is 78.2 Å². The quantitative estimate of drug-likeness (QED) is 0.476. The molecule has 1 aromatic heterocycles. The number of carbonyl (C=O) groups excluding carboxylic acids is 2. The number of amides is 2. The summed E-state index contributed by atoms with van der Waals surface area (Å²) in [5.74, 6) is 0. The minimum atomic E-state index is -3.84. The van der Waals surface area contributed by atoms with Crippen molar-refractivity contribution in [2.75, 3.05) is 26.2 Å². The summed E-state index contributed by atoms with van der Waals surface area (Å²) in [7, 11) is -3.84. The Kier molecular flexibility index (Phi) is 9.82. The van der Waals surface area contributed by atoms with Crippen LogP contribution in [0.3, 0.4) is 0 Å². The van der Waals surface area contributed by atoms with Gasteiger partial charge >= 0.3 is 12.2 Å². The molecule has 1 aliphatic rings. The molecule has 2 aromatic rings. The zero-order valence-corrected chi connectivity index (χ0v) is 24.7. The fourth-order valence-electron chi connectivity index (χ4n) is 4.45. The Morgan fingerprint density at radius 1 is 1.00 bits per heavy atom. The molecule has 1 fully saturated rings. The van der Waals surface area contributed by atoms with Gasteiger partial charge in [-0.15, -0.1) is 0 Å². The molecular weight excluding hydrogens is 520 g/mol. The van der Waals surface area contributed by atoms with E-state index in [1.165, 1.54) is 4.31 Å². The number of fused-ring (bicyclic) bond motifs is 1. The first-order valence-electron chi connectivity index (χ1n) is 13.5. The SMILES string of the molecule is CC(C)(C)OC(=O)NCCCCC1CN(C(=O)OC(C)(C)C)CCCN1S(=O)(=O)c1ccc2cnccc2c1. The van der Waals surface area contributed by atoms with Crippen molar-refractivity contribution < 1.29 is 27.5 Å². The van der Waals surface area contributed by atoms with Crippen molar-refractivity contribution >= 4 is 33.0 Å². The van der Waals surface area contributed by atoms with E-state index in [2.05, 4.69) is 10.3 Å². The van der Waals surface area contributed by atoms with Gasteiger partial charge in [-0.2, -0.15) is 4.31 Å². The topological polar surface area (TPSA) is 118 Å². The molecule has 216 valence electrons. The highest BCUT2D eigenvalue weighted by molar-refractivity contribution is 7.89. The first-order valence-corrected chi connectivity index (χ1v) is 14.9. The zero-order chi connectivity index (χ0) is 28.8. The number of nitrogens with zero attached hydrogens (tertiary/aromatic N) is 3. The van der Waals surface area contributed by atoms with E-state index in [-0.39, 0.29) is 18.0 Å². The van der Waals surface area contributed by atoms with Gasteiger partial charge in [0.1, 0.15) is 11.2 Å². The monoisotopic (exact) mass is 562 g/mol. The van der Waals surface area contributed by atoms with E-state index >= 15 is 0 Å². The summed E-state index contributed by atoms with van der Waals surface area (Å²) in [5, 5.41) is 4.40. The molecule has 1 saturated heterocycles. The van der Waals surface area contributed by atoms with Crippen molar-refractivity contribution in [3.8, 4) is 0 Å². The molecular formula is C28H42N4O6S. The highest BCUT2D eigenvalue weighted by atomic mass is 32.2. The smallest absolute Gasteiger partial charge is 0.410 e. The summed E-state index contributed by atoms with van der Waals surface area (Å²) in [6.07, 6.45) is 4.71. The van der Waals surface area contributed by atoms with Crippen molar-refractivity contribution in [1.29, 1.82) is 0 Å². The van der Waals surface area contributed by atoms with Gasteiger partial charge in [-0.1, -0.05) is 12.5 Å². The lowest BCUT2D eigenvalue weighted by Gasteiger charge is -2.32. The molecule has 39 heavy (non-hydrogen) atoms. The molecule has 3 rings (SSSR count). The van der Waals surface area contributed by atoms with Crippen molar-refractivity contribution in [3.63, 3.8) is 0 Å². The number of unbranched alkanes of at least 4 members (excludes halogenated alkanes) is 1. The van der Waals surface area contributed by atoms with E-state index in [0.29, 0.717) is 38.8 Å². The normalized spacial score (nSPS) is 17.5. The standard InChI is InChI=1S/C28H42N4O6S/c1-27(2,3)37-25(33)30-14-8-7-10-23-20-31(26(34)38-28(4,5)6)16-9-17-32(23)39(35,36)24-12-11-22-19-29-15-13-21(22)18-24/h11-13,15,18-19,23H,7-10,14,16-17,20H2,1-6H3,(H,30,33). The lowest BCUT2D eigenvalue weighted by molar-refractivity contribution is 0.0237. The fourth-order valence-corrected chi connectivity index (χ4v) is 6.17. The summed E-state index contributed by atoms with van der Waals surface area (Å²) in [6, 6.07) is 6.38. The van der Waals surface area contributed by atoms with E-state index in [9.17, 15) is 18.0 Å². The average molecular weight is 563 g/mol. The first-order chi connectivity index (χ1) is 18.2. The Hall–Kier alpha value is -2.92. The van der Waals surface area contributed by atoms with Crippen LogP contribution in [-0.2, 0) is 19.5 Å². The Labute approximate surface area is 232 Å². The average Bonchev–Trinajstić information content (AvgIpc) is 3.04. The Bertz CT molecular complexity index is 1250. The van der Waals surface area contributed by atoms with Gasteiger partial charge in [-0.05, 0) is 84.4 Å². The maximum absolute atomic E-state index is 13.9. The second kappa shape index (κ2) is 12.5. The summed E-state index contributed by atoms with van der Waals surface area (Å²) >= 11 is 0. The summed E-state index contributed by atoms with van der Waals surface area (Å²) < 4.78 is 40.2. The van der Waals surface area contributed by atoms with Gasteiger partial charge in [-0.3, -0.25) is 4.98 Å². The molecule has 2 heterocycles. The number of aromatic nitrogens is 1. The second-order valence-corrected chi connectivity index (χ2v) is 13.7. The number of nitrogens with one attached hydrogen (secondary N) is 1. The lowest BCUT2D eigenvalue weighted by Crippen LogP contribution is -2.46. The van der Waals surface area contributed by atoms with E-state index in [0.717, 1.165) is 10.8 Å². The maximum Gasteiger partial charge on any atom is 0.410 e. The van der Waals surface area contributed by atoms with Crippen LogP contribution in [0.2, 0.25) is 0 Å². The van der Waals surface area contributed by atoms with Crippen molar-refractivity contribution in [3.05, 3.63) is 36.7 Å². The Balaban J connectivity index is 1.77. The predicted octanol–water partition coefficient (Wildman–Crippen LogP) is 4.93. The van der Waals surface area contributed by atoms with E-state index in [1.54, 1.807) is 62.3 Å². The second-order valence-electron chi connectivity index (χ2n) is 11.9. The van der Waals surface area contributed by atoms with E-state index < -0.39 is 39.5 Å². The molecule has 11 heteroatoms. The predicted molar refractivity (Wildman–Crippen MR) is 150 cm³/mol. The molecule has 1 aromatic carbocycles. The highest BCUT2D eigenvalue weighted by Crippen LogP contribution is 2.27. The number of hydrogen-bond acceptors (Lipinski definition) is 7. The third kappa shape index (κ3) is 9.06. The number of carbonyl (C=O) groups is 2. The maximum atomic E-state index is 13.9. The van der Waals surface area contributed by atoms with Crippen LogP contribution in [0.25, 0.3) is 10.8 Å². The lowest BCUT2D eigenvalue weighted by atomic mass is 10.1. The fraction of sp³-hybridized carbons (Fsp3) is 0.607. The number of sulfonamides is 1. The molecule has 0 radical (unpaired) electrons. The largest absolute Gasteiger partial charge is 0.444 e. The van der Waals surface area contributed by atoms with Gasteiger partial charge in [0.05, 0.1) is 4.90 Å². The Morgan fingerprint density at radius 2 is 1.72 bits per heavy atom. The number of hydrogen-bond donors (Lipinski definition) is 1. The molecule has 0 aliphatic carbocycles. The molecule has 1 N–H and O–H groups in total. The van der Waals surface area contributed by atoms with Crippen LogP contribution in [0.15, 0.2) is 41.6 Å². The van der Waals surface area contributed by atoms with Crippen LogP contribution in [0.4, 0.5) is 9.59 Å². The van der Waals surface area contributed by atoms with Crippen LogP contribution in [0.1, 0.15) is 67.2 Å². The molecule has 0 saturated carbocycles. The van der Waals surface area contributed by atoms with Crippen molar-refractivity contribution in [2.24, 2.45) is 0 Å². The van der Waals surface area contributed by atoms with Gasteiger partial charge in [0.25, 0.3) is 0 Å². The van der Waals surface area contributed by atoms with Gasteiger partial charge in [0, 0.05) is 50.0 Å². The van der Waals surface area contributed by atoms with Gasteiger partial charge in [0.15, 0.2) is 0 Å². The van der Waals surface area contributed by atoms with Crippen molar-refractivity contribution in [2.45, 2.75) is 89.4 Å². The van der Waals surface area contributed by atoms with Gasteiger partial charge in [0.2, 0.25) is 10.0 Å². The van der Waals surface area contributed by atoms with E-state index in [4.69, 9.17) is 9.47 Å². The van der Waals surface area contributed by atoms with Crippen LogP contribution in [0.5, 0.6) is 0 Å². The molecule has 1 atom stereocenters. The number of alkyl carbamates (subject to hydrolysis) is 1. The number of pyridine rings is 1. The summed E-state index contributed by atoms with van der Waals surface area (Å²) in [5.41, 5.74) is -1.23.